The summed E-state index contributed by atoms with van der Waals surface area (Å²) in [6.07, 6.45) is 2.08. The third-order valence-electron chi connectivity index (χ3n) is 5.03. The monoisotopic (exact) mass is 371 g/mol. The highest BCUT2D eigenvalue weighted by Crippen LogP contribution is 2.22. The molecule has 0 N–H and O–H groups in total. The van der Waals surface area contributed by atoms with Crippen molar-refractivity contribution in [2.24, 2.45) is 5.92 Å². The maximum Gasteiger partial charge on any atom is 0.227 e. The zero-order valence-corrected chi connectivity index (χ0v) is 15.9. The van der Waals surface area contributed by atoms with E-state index in [9.17, 15) is 13.2 Å². The molecular weight excluding hydrogens is 346 g/mol. The summed E-state index contributed by atoms with van der Waals surface area (Å²) in [5, 5.41) is 0. The fourth-order valence-corrected chi connectivity index (χ4v) is 5.20. The Morgan fingerprint density at radius 1 is 1.08 bits per heavy atom. The van der Waals surface area contributed by atoms with Crippen LogP contribution in [0.5, 0.6) is 0 Å². The SMILES string of the molecule is Cc1ccccc1CC(=O)N1CCCC(CS(=O)(=O)c2ccccc2)C1. The van der Waals surface area contributed by atoms with Crippen LogP contribution < -0.4 is 0 Å². The molecule has 2 aromatic carbocycles. The van der Waals surface area contributed by atoms with Gasteiger partial charge in [-0.2, -0.15) is 0 Å². The zero-order chi connectivity index (χ0) is 18.6. The largest absolute Gasteiger partial charge is 0.342 e. The predicted octanol–water partition coefficient (Wildman–Crippen LogP) is 3.25. The van der Waals surface area contributed by atoms with Crippen LogP contribution in [0.2, 0.25) is 0 Å². The van der Waals surface area contributed by atoms with E-state index in [1.165, 1.54) is 0 Å². The molecule has 3 rings (SSSR count). The number of hydrogen-bond acceptors (Lipinski definition) is 3. The molecule has 0 aliphatic carbocycles. The lowest BCUT2D eigenvalue weighted by Gasteiger charge is -2.33. The molecule has 4 nitrogen and oxygen atoms in total. The van der Waals surface area contributed by atoms with E-state index in [1.807, 2.05) is 42.2 Å². The van der Waals surface area contributed by atoms with Crippen LogP contribution in [0.15, 0.2) is 59.5 Å². The van der Waals surface area contributed by atoms with E-state index in [1.54, 1.807) is 24.3 Å². The maximum atomic E-state index is 12.7. The normalized spacial score (nSPS) is 17.9. The molecule has 138 valence electrons. The molecule has 0 aromatic heterocycles. The predicted molar refractivity (Wildman–Crippen MR) is 103 cm³/mol. The molecule has 2 aromatic rings. The van der Waals surface area contributed by atoms with Gasteiger partial charge in [-0.05, 0) is 48.9 Å². The highest BCUT2D eigenvalue weighted by atomic mass is 32.2. The first-order chi connectivity index (χ1) is 12.5. The van der Waals surface area contributed by atoms with Crippen LogP contribution in [0.25, 0.3) is 0 Å². The highest BCUT2D eigenvalue weighted by molar-refractivity contribution is 7.91. The lowest BCUT2D eigenvalue weighted by atomic mass is 9.98. The molecular formula is C21H25NO3S. The van der Waals surface area contributed by atoms with Gasteiger partial charge in [0, 0.05) is 13.1 Å². The molecule has 1 fully saturated rings. The van der Waals surface area contributed by atoms with E-state index in [0.29, 0.717) is 24.4 Å². The second kappa shape index (κ2) is 8.04. The number of aryl methyl sites for hydroxylation is 1. The van der Waals surface area contributed by atoms with Crippen molar-refractivity contribution in [2.45, 2.75) is 31.1 Å². The highest BCUT2D eigenvalue weighted by Gasteiger charge is 2.28. The van der Waals surface area contributed by atoms with Crippen molar-refractivity contribution in [3.8, 4) is 0 Å². The van der Waals surface area contributed by atoms with E-state index in [4.69, 9.17) is 0 Å². The number of piperidine rings is 1. The molecule has 1 aliphatic heterocycles. The number of carbonyl (C=O) groups is 1. The summed E-state index contributed by atoms with van der Waals surface area (Å²) in [5.41, 5.74) is 2.15. The van der Waals surface area contributed by atoms with Crippen molar-refractivity contribution in [3.63, 3.8) is 0 Å². The van der Waals surface area contributed by atoms with E-state index < -0.39 is 9.84 Å². The minimum Gasteiger partial charge on any atom is -0.342 e. The first-order valence-electron chi connectivity index (χ1n) is 9.06. The Balaban J connectivity index is 1.64. The van der Waals surface area contributed by atoms with Gasteiger partial charge in [0.05, 0.1) is 17.1 Å². The summed E-state index contributed by atoms with van der Waals surface area (Å²) in [6, 6.07) is 16.5. The number of hydrogen-bond donors (Lipinski definition) is 0. The molecule has 1 amide bonds. The summed E-state index contributed by atoms with van der Waals surface area (Å²) in [6.45, 7) is 3.25. The van der Waals surface area contributed by atoms with Crippen LogP contribution in [0, 0.1) is 12.8 Å². The average Bonchev–Trinajstić information content (AvgIpc) is 2.64. The van der Waals surface area contributed by atoms with Gasteiger partial charge < -0.3 is 4.90 Å². The van der Waals surface area contributed by atoms with Gasteiger partial charge in [-0.1, -0.05) is 42.5 Å². The van der Waals surface area contributed by atoms with Crippen LogP contribution in [-0.2, 0) is 21.1 Å². The van der Waals surface area contributed by atoms with Crippen LogP contribution in [0.4, 0.5) is 0 Å². The molecule has 5 heteroatoms. The van der Waals surface area contributed by atoms with E-state index in [0.717, 1.165) is 24.0 Å². The molecule has 1 saturated heterocycles. The summed E-state index contributed by atoms with van der Waals surface area (Å²) in [7, 11) is -3.31. The summed E-state index contributed by atoms with van der Waals surface area (Å²) < 4.78 is 25.2. The molecule has 0 radical (unpaired) electrons. The summed E-state index contributed by atoms with van der Waals surface area (Å²) >= 11 is 0. The standard InChI is InChI=1S/C21H25NO3S/c1-17-8-5-6-10-19(17)14-21(23)22-13-7-9-18(15-22)16-26(24,25)20-11-3-2-4-12-20/h2-6,8,10-12,18H,7,9,13-16H2,1H3. The Morgan fingerprint density at radius 3 is 2.50 bits per heavy atom. The van der Waals surface area contributed by atoms with Gasteiger partial charge in [0.1, 0.15) is 0 Å². The average molecular weight is 372 g/mol. The Bertz CT molecular complexity index is 862. The Morgan fingerprint density at radius 2 is 1.77 bits per heavy atom. The smallest absolute Gasteiger partial charge is 0.227 e. The number of amides is 1. The van der Waals surface area contributed by atoms with Crippen LogP contribution in [0.1, 0.15) is 24.0 Å². The van der Waals surface area contributed by atoms with Gasteiger partial charge in [-0.3, -0.25) is 4.79 Å². The lowest BCUT2D eigenvalue weighted by Crippen LogP contribution is -2.42. The Kier molecular flexibility index (Phi) is 5.77. The maximum absolute atomic E-state index is 12.7. The lowest BCUT2D eigenvalue weighted by molar-refractivity contribution is -0.132. The van der Waals surface area contributed by atoms with Crippen molar-refractivity contribution >= 4 is 15.7 Å². The van der Waals surface area contributed by atoms with Crippen molar-refractivity contribution in [1.29, 1.82) is 0 Å². The molecule has 1 heterocycles. The number of benzene rings is 2. The van der Waals surface area contributed by atoms with Crippen LogP contribution in [0.3, 0.4) is 0 Å². The van der Waals surface area contributed by atoms with E-state index in [2.05, 4.69) is 0 Å². The van der Waals surface area contributed by atoms with Gasteiger partial charge >= 0.3 is 0 Å². The van der Waals surface area contributed by atoms with Crippen molar-refractivity contribution in [1.82, 2.24) is 4.90 Å². The molecule has 1 aliphatic rings. The van der Waals surface area contributed by atoms with E-state index >= 15 is 0 Å². The van der Waals surface area contributed by atoms with Gasteiger partial charge in [0.15, 0.2) is 9.84 Å². The van der Waals surface area contributed by atoms with Crippen molar-refractivity contribution in [2.75, 3.05) is 18.8 Å². The van der Waals surface area contributed by atoms with Crippen LogP contribution in [-0.4, -0.2) is 38.1 Å². The first-order valence-corrected chi connectivity index (χ1v) is 10.7. The van der Waals surface area contributed by atoms with Gasteiger partial charge in [-0.25, -0.2) is 8.42 Å². The molecule has 0 bridgehead atoms. The quantitative estimate of drug-likeness (QED) is 0.811. The Hall–Kier alpha value is -2.14. The van der Waals surface area contributed by atoms with Crippen molar-refractivity contribution < 1.29 is 13.2 Å². The first kappa shape index (κ1) is 18.6. The molecule has 1 unspecified atom stereocenters. The van der Waals surface area contributed by atoms with Gasteiger partial charge in [-0.15, -0.1) is 0 Å². The fourth-order valence-electron chi connectivity index (χ4n) is 3.55. The number of nitrogens with zero attached hydrogens (tertiary/aromatic N) is 1. The zero-order valence-electron chi connectivity index (χ0n) is 15.1. The summed E-state index contributed by atoms with van der Waals surface area (Å²) in [4.78, 5) is 14.9. The second-order valence-electron chi connectivity index (χ2n) is 7.05. The van der Waals surface area contributed by atoms with Crippen molar-refractivity contribution in [3.05, 3.63) is 65.7 Å². The van der Waals surface area contributed by atoms with Crippen LogP contribution >= 0.6 is 0 Å². The number of sulfone groups is 1. The Labute approximate surface area is 155 Å². The fraction of sp³-hybridized carbons (Fsp3) is 0.381. The number of likely N-dealkylation sites (tertiary alicyclic amines) is 1. The topological polar surface area (TPSA) is 54.5 Å². The molecule has 0 spiro atoms. The van der Waals surface area contributed by atoms with Gasteiger partial charge in [0.25, 0.3) is 0 Å². The number of carbonyl (C=O) groups excluding carboxylic acids is 1. The summed E-state index contributed by atoms with van der Waals surface area (Å²) in [5.74, 6) is 0.182. The molecule has 26 heavy (non-hydrogen) atoms. The minimum atomic E-state index is -3.31. The number of rotatable bonds is 5. The third kappa shape index (κ3) is 4.52. The minimum absolute atomic E-state index is 0.00484. The van der Waals surface area contributed by atoms with Gasteiger partial charge in [0.2, 0.25) is 5.91 Å². The second-order valence-corrected chi connectivity index (χ2v) is 9.08. The molecule has 1 atom stereocenters. The van der Waals surface area contributed by atoms with E-state index in [-0.39, 0.29) is 17.6 Å². The third-order valence-corrected chi connectivity index (χ3v) is 6.93. The molecule has 0 saturated carbocycles.